The van der Waals surface area contributed by atoms with Gasteiger partial charge in [0.25, 0.3) is 0 Å². The number of nitrogens with zero attached hydrogens (tertiary/aromatic N) is 1. The second kappa shape index (κ2) is 5.54. The molecule has 3 unspecified atom stereocenters. The van der Waals surface area contributed by atoms with Gasteiger partial charge in [0, 0.05) is 25.6 Å². The Bertz CT molecular complexity index is 502. The second-order valence-electron chi connectivity index (χ2n) is 5.95. The molecule has 108 valence electrons. The highest BCUT2D eigenvalue weighted by molar-refractivity contribution is 5.89. The van der Waals surface area contributed by atoms with Crippen LogP contribution in [0.25, 0.3) is 0 Å². The molecule has 2 fully saturated rings. The zero-order chi connectivity index (χ0) is 14.1. The predicted molar refractivity (Wildman–Crippen MR) is 75.3 cm³/mol. The summed E-state index contributed by atoms with van der Waals surface area (Å²) in [5, 5.41) is 9.94. The van der Waals surface area contributed by atoms with Gasteiger partial charge in [-0.15, -0.1) is 0 Å². The summed E-state index contributed by atoms with van der Waals surface area (Å²) in [5.41, 5.74) is 1.73. The van der Waals surface area contributed by atoms with E-state index in [0.29, 0.717) is 17.4 Å². The maximum absolute atomic E-state index is 11.5. The molecule has 4 nitrogen and oxygen atoms in total. The van der Waals surface area contributed by atoms with Gasteiger partial charge in [0.2, 0.25) is 0 Å². The van der Waals surface area contributed by atoms with Crippen LogP contribution in [0.1, 0.15) is 28.8 Å². The van der Waals surface area contributed by atoms with E-state index in [2.05, 4.69) is 4.90 Å². The quantitative estimate of drug-likeness (QED) is 0.853. The molecule has 1 aliphatic carbocycles. The van der Waals surface area contributed by atoms with Gasteiger partial charge in [-0.2, -0.15) is 0 Å². The number of aliphatic hydroxyl groups excluding tert-OH is 1. The number of esters is 1. The first-order chi connectivity index (χ1) is 9.67. The molecule has 0 radical (unpaired) electrons. The van der Waals surface area contributed by atoms with Crippen molar-refractivity contribution < 1.29 is 14.6 Å². The zero-order valence-electron chi connectivity index (χ0n) is 11.8. The minimum atomic E-state index is -0.291. The molecule has 1 heterocycles. The molecule has 1 saturated heterocycles. The van der Waals surface area contributed by atoms with Crippen LogP contribution in [0.2, 0.25) is 0 Å². The van der Waals surface area contributed by atoms with Crippen LogP contribution in [0, 0.1) is 11.8 Å². The van der Waals surface area contributed by atoms with Crippen LogP contribution >= 0.6 is 0 Å². The molecule has 0 amide bonds. The first kappa shape index (κ1) is 13.6. The maximum Gasteiger partial charge on any atom is 0.337 e. The number of ether oxygens (including phenoxy) is 1. The number of carbonyl (C=O) groups excluding carboxylic acids is 1. The Morgan fingerprint density at radius 2 is 2.25 bits per heavy atom. The molecule has 1 aromatic rings. The molecule has 3 atom stereocenters. The molecule has 4 heteroatoms. The number of benzene rings is 1. The van der Waals surface area contributed by atoms with E-state index in [4.69, 9.17) is 4.74 Å². The SMILES string of the molecule is COC(=O)c1cccc(CN2CC3CCC(O)C3C2)c1. The van der Waals surface area contributed by atoms with E-state index < -0.39 is 0 Å². The average molecular weight is 275 g/mol. The summed E-state index contributed by atoms with van der Waals surface area (Å²) in [6, 6.07) is 7.61. The number of aliphatic hydroxyl groups is 1. The summed E-state index contributed by atoms with van der Waals surface area (Å²) in [6.07, 6.45) is 1.98. The van der Waals surface area contributed by atoms with Gasteiger partial charge < -0.3 is 9.84 Å². The van der Waals surface area contributed by atoms with E-state index in [1.807, 2.05) is 18.2 Å². The third-order valence-electron chi connectivity index (χ3n) is 4.65. The summed E-state index contributed by atoms with van der Waals surface area (Å²) in [7, 11) is 1.40. The summed E-state index contributed by atoms with van der Waals surface area (Å²) < 4.78 is 4.75. The minimum Gasteiger partial charge on any atom is -0.465 e. The van der Waals surface area contributed by atoms with Crippen molar-refractivity contribution in [2.45, 2.75) is 25.5 Å². The summed E-state index contributed by atoms with van der Waals surface area (Å²) in [6.45, 7) is 2.86. The number of fused-ring (bicyclic) bond motifs is 1. The highest BCUT2D eigenvalue weighted by Gasteiger charge is 2.41. The third kappa shape index (κ3) is 2.58. The van der Waals surface area contributed by atoms with E-state index in [-0.39, 0.29) is 12.1 Å². The van der Waals surface area contributed by atoms with Gasteiger partial charge >= 0.3 is 5.97 Å². The fourth-order valence-corrected chi connectivity index (χ4v) is 3.63. The number of hydrogen-bond donors (Lipinski definition) is 1. The lowest BCUT2D eigenvalue weighted by Crippen LogP contribution is -2.24. The van der Waals surface area contributed by atoms with Crippen LogP contribution in [0.3, 0.4) is 0 Å². The van der Waals surface area contributed by atoms with Crippen molar-refractivity contribution in [1.29, 1.82) is 0 Å². The van der Waals surface area contributed by atoms with Gasteiger partial charge in [0.05, 0.1) is 18.8 Å². The standard InChI is InChI=1S/C16H21NO3/c1-20-16(19)12-4-2-3-11(7-12)8-17-9-13-5-6-15(18)14(13)10-17/h2-4,7,13-15,18H,5-6,8-10H2,1H3. The fraction of sp³-hybridized carbons (Fsp3) is 0.562. The van der Waals surface area contributed by atoms with Crippen molar-refractivity contribution in [3.8, 4) is 0 Å². The van der Waals surface area contributed by atoms with Crippen molar-refractivity contribution in [2.24, 2.45) is 11.8 Å². The molecule has 0 aromatic heterocycles. The monoisotopic (exact) mass is 275 g/mol. The lowest BCUT2D eigenvalue weighted by Gasteiger charge is -2.18. The average Bonchev–Trinajstić information content (AvgIpc) is 3.00. The van der Waals surface area contributed by atoms with Gasteiger partial charge in [-0.1, -0.05) is 12.1 Å². The Labute approximate surface area is 119 Å². The lowest BCUT2D eigenvalue weighted by atomic mass is 10.00. The molecule has 1 aliphatic heterocycles. The van der Waals surface area contributed by atoms with E-state index in [9.17, 15) is 9.90 Å². The first-order valence-electron chi connectivity index (χ1n) is 7.25. The van der Waals surface area contributed by atoms with Crippen LogP contribution < -0.4 is 0 Å². The molecule has 0 bridgehead atoms. The zero-order valence-corrected chi connectivity index (χ0v) is 11.8. The summed E-state index contributed by atoms with van der Waals surface area (Å²) in [5.74, 6) is 0.799. The van der Waals surface area contributed by atoms with Gasteiger partial charge in [-0.3, -0.25) is 4.90 Å². The van der Waals surface area contributed by atoms with Crippen molar-refractivity contribution in [3.63, 3.8) is 0 Å². The van der Waals surface area contributed by atoms with Gasteiger partial charge in [0.1, 0.15) is 0 Å². The summed E-state index contributed by atoms with van der Waals surface area (Å²) >= 11 is 0. The number of rotatable bonds is 3. The molecular weight excluding hydrogens is 254 g/mol. The molecule has 1 N–H and O–H groups in total. The highest BCUT2D eigenvalue weighted by atomic mass is 16.5. The topological polar surface area (TPSA) is 49.8 Å². The highest BCUT2D eigenvalue weighted by Crippen LogP contribution is 2.38. The van der Waals surface area contributed by atoms with Crippen LogP contribution in [-0.2, 0) is 11.3 Å². The molecule has 3 rings (SSSR count). The second-order valence-corrected chi connectivity index (χ2v) is 5.95. The normalized spacial score (nSPS) is 29.4. The fourth-order valence-electron chi connectivity index (χ4n) is 3.63. The van der Waals surface area contributed by atoms with E-state index in [1.54, 1.807) is 6.07 Å². The Morgan fingerprint density at radius 1 is 1.40 bits per heavy atom. The Hall–Kier alpha value is -1.39. The van der Waals surface area contributed by atoms with Gasteiger partial charge in [-0.25, -0.2) is 4.79 Å². The number of hydrogen-bond acceptors (Lipinski definition) is 4. The van der Waals surface area contributed by atoms with E-state index >= 15 is 0 Å². The smallest absolute Gasteiger partial charge is 0.337 e. The molecule has 1 saturated carbocycles. The molecule has 1 aromatic carbocycles. The van der Waals surface area contributed by atoms with E-state index in [1.165, 1.54) is 7.11 Å². The molecule has 0 spiro atoms. The molecule has 20 heavy (non-hydrogen) atoms. The minimum absolute atomic E-state index is 0.119. The summed E-state index contributed by atoms with van der Waals surface area (Å²) in [4.78, 5) is 13.9. The van der Waals surface area contributed by atoms with Crippen molar-refractivity contribution in [1.82, 2.24) is 4.90 Å². The number of carbonyl (C=O) groups is 1. The Morgan fingerprint density at radius 3 is 3.00 bits per heavy atom. The van der Waals surface area contributed by atoms with Gasteiger partial charge in [0.15, 0.2) is 0 Å². The Kier molecular flexibility index (Phi) is 3.76. The predicted octanol–water partition coefficient (Wildman–Crippen LogP) is 1.68. The Balaban J connectivity index is 1.66. The molecular formula is C16H21NO3. The van der Waals surface area contributed by atoms with Crippen LogP contribution in [0.4, 0.5) is 0 Å². The third-order valence-corrected chi connectivity index (χ3v) is 4.65. The van der Waals surface area contributed by atoms with Gasteiger partial charge in [-0.05, 0) is 36.5 Å². The number of methoxy groups -OCH3 is 1. The van der Waals surface area contributed by atoms with Crippen LogP contribution in [-0.4, -0.2) is 42.3 Å². The van der Waals surface area contributed by atoms with E-state index in [0.717, 1.165) is 38.0 Å². The van der Waals surface area contributed by atoms with Crippen LogP contribution in [0.15, 0.2) is 24.3 Å². The lowest BCUT2D eigenvalue weighted by molar-refractivity contribution is 0.0600. The van der Waals surface area contributed by atoms with Crippen molar-refractivity contribution >= 4 is 5.97 Å². The molecule has 2 aliphatic rings. The van der Waals surface area contributed by atoms with Crippen LogP contribution in [0.5, 0.6) is 0 Å². The largest absolute Gasteiger partial charge is 0.465 e. The van der Waals surface area contributed by atoms with Crippen molar-refractivity contribution in [2.75, 3.05) is 20.2 Å². The number of likely N-dealkylation sites (tertiary alicyclic amines) is 1. The maximum atomic E-state index is 11.5. The first-order valence-corrected chi connectivity index (χ1v) is 7.25. The van der Waals surface area contributed by atoms with Crippen molar-refractivity contribution in [3.05, 3.63) is 35.4 Å².